The van der Waals surface area contributed by atoms with E-state index >= 15 is 0 Å². The Bertz CT molecular complexity index is 572. The minimum absolute atomic E-state index is 0.0116. The van der Waals surface area contributed by atoms with Crippen LogP contribution >= 0.6 is 15.9 Å². The summed E-state index contributed by atoms with van der Waals surface area (Å²) < 4.78 is 27.4. The van der Waals surface area contributed by atoms with E-state index in [1.54, 1.807) is 18.2 Å². The Morgan fingerprint density at radius 3 is 2.63 bits per heavy atom. The number of rotatable bonds is 4. The summed E-state index contributed by atoms with van der Waals surface area (Å²) >= 11 is 3.21. The SMILES string of the molecule is CC(Cc1cccc(F)c1)Nc1ccc(Br)cc1F. The van der Waals surface area contributed by atoms with Gasteiger partial charge in [-0.1, -0.05) is 28.1 Å². The molecule has 1 nitrogen and oxygen atoms in total. The molecule has 0 fully saturated rings. The Balaban J connectivity index is 2.03. The highest BCUT2D eigenvalue weighted by Crippen LogP contribution is 2.20. The van der Waals surface area contributed by atoms with Gasteiger partial charge >= 0.3 is 0 Å². The van der Waals surface area contributed by atoms with Gasteiger partial charge in [-0.3, -0.25) is 0 Å². The van der Waals surface area contributed by atoms with Crippen LogP contribution in [0.1, 0.15) is 12.5 Å². The van der Waals surface area contributed by atoms with Gasteiger partial charge in [-0.25, -0.2) is 8.78 Å². The van der Waals surface area contributed by atoms with Crippen LogP contribution in [0.5, 0.6) is 0 Å². The number of hydrogen-bond acceptors (Lipinski definition) is 1. The molecular formula is C15H14BrF2N. The predicted molar refractivity (Wildman–Crippen MR) is 77.3 cm³/mol. The molecule has 0 spiro atoms. The smallest absolute Gasteiger partial charge is 0.147 e. The van der Waals surface area contributed by atoms with Crippen LogP contribution in [0.4, 0.5) is 14.5 Å². The minimum atomic E-state index is -0.305. The van der Waals surface area contributed by atoms with Gasteiger partial charge in [0.15, 0.2) is 0 Å². The summed E-state index contributed by atoms with van der Waals surface area (Å²) in [4.78, 5) is 0. The van der Waals surface area contributed by atoms with Gasteiger partial charge < -0.3 is 5.32 Å². The number of halogens is 3. The molecule has 19 heavy (non-hydrogen) atoms. The van der Waals surface area contributed by atoms with Crippen molar-refractivity contribution < 1.29 is 8.78 Å². The lowest BCUT2D eigenvalue weighted by atomic mass is 10.1. The second kappa shape index (κ2) is 6.15. The second-order valence-corrected chi connectivity index (χ2v) is 5.42. The van der Waals surface area contributed by atoms with Crippen LogP contribution in [0.3, 0.4) is 0 Å². The first-order chi connectivity index (χ1) is 9.04. The van der Waals surface area contributed by atoms with Crippen LogP contribution in [-0.2, 0) is 6.42 Å². The van der Waals surface area contributed by atoms with Crippen LogP contribution in [0.25, 0.3) is 0 Å². The maximum Gasteiger partial charge on any atom is 0.147 e. The van der Waals surface area contributed by atoms with Crippen molar-refractivity contribution >= 4 is 21.6 Å². The molecule has 0 saturated heterocycles. The maximum atomic E-state index is 13.7. The van der Waals surface area contributed by atoms with E-state index in [0.29, 0.717) is 16.6 Å². The third-order valence-electron chi connectivity index (χ3n) is 2.76. The summed E-state index contributed by atoms with van der Waals surface area (Å²) in [5, 5.41) is 3.09. The van der Waals surface area contributed by atoms with Gasteiger partial charge in [-0.2, -0.15) is 0 Å². The van der Waals surface area contributed by atoms with E-state index < -0.39 is 0 Å². The van der Waals surface area contributed by atoms with Crippen LogP contribution < -0.4 is 5.32 Å². The number of hydrogen-bond donors (Lipinski definition) is 1. The van der Waals surface area contributed by atoms with Crippen LogP contribution in [-0.4, -0.2) is 6.04 Å². The normalized spacial score (nSPS) is 12.2. The van der Waals surface area contributed by atoms with Gasteiger partial charge in [0.05, 0.1) is 5.69 Å². The molecule has 0 radical (unpaired) electrons. The second-order valence-electron chi connectivity index (χ2n) is 4.50. The van der Waals surface area contributed by atoms with E-state index in [-0.39, 0.29) is 17.7 Å². The maximum absolute atomic E-state index is 13.7. The molecule has 0 aromatic heterocycles. The highest BCUT2D eigenvalue weighted by molar-refractivity contribution is 9.10. The van der Waals surface area contributed by atoms with E-state index in [0.717, 1.165) is 5.56 Å². The minimum Gasteiger partial charge on any atom is -0.380 e. The van der Waals surface area contributed by atoms with E-state index in [1.807, 2.05) is 13.0 Å². The topological polar surface area (TPSA) is 12.0 Å². The fraction of sp³-hybridized carbons (Fsp3) is 0.200. The lowest BCUT2D eigenvalue weighted by molar-refractivity contribution is 0.620. The fourth-order valence-electron chi connectivity index (χ4n) is 1.94. The third-order valence-corrected chi connectivity index (χ3v) is 3.26. The Labute approximate surface area is 119 Å². The molecule has 0 heterocycles. The molecule has 0 aliphatic rings. The molecule has 100 valence electrons. The highest BCUT2D eigenvalue weighted by Gasteiger charge is 2.08. The molecule has 4 heteroatoms. The predicted octanol–water partition coefficient (Wildman–Crippen LogP) is 4.77. The van der Waals surface area contributed by atoms with Crippen LogP contribution in [0.15, 0.2) is 46.9 Å². The first kappa shape index (κ1) is 14.0. The van der Waals surface area contributed by atoms with Crippen molar-refractivity contribution in [3.05, 3.63) is 64.1 Å². The lowest BCUT2D eigenvalue weighted by Gasteiger charge is -2.16. The Morgan fingerprint density at radius 1 is 1.16 bits per heavy atom. The van der Waals surface area contributed by atoms with E-state index in [9.17, 15) is 8.78 Å². The molecule has 0 aliphatic heterocycles. The van der Waals surface area contributed by atoms with Crippen molar-refractivity contribution in [1.82, 2.24) is 0 Å². The molecule has 0 bridgehead atoms. The highest BCUT2D eigenvalue weighted by atomic mass is 79.9. The van der Waals surface area contributed by atoms with Crippen molar-refractivity contribution in [3.63, 3.8) is 0 Å². The zero-order valence-electron chi connectivity index (χ0n) is 10.5. The third kappa shape index (κ3) is 4.03. The van der Waals surface area contributed by atoms with Gasteiger partial charge in [-0.05, 0) is 49.2 Å². The van der Waals surface area contributed by atoms with Gasteiger partial charge in [0.1, 0.15) is 11.6 Å². The lowest BCUT2D eigenvalue weighted by Crippen LogP contribution is -2.18. The van der Waals surface area contributed by atoms with Crippen molar-refractivity contribution in [2.45, 2.75) is 19.4 Å². The molecule has 2 aromatic rings. The molecule has 1 atom stereocenters. The quantitative estimate of drug-likeness (QED) is 0.853. The van der Waals surface area contributed by atoms with E-state index in [1.165, 1.54) is 18.2 Å². The largest absolute Gasteiger partial charge is 0.380 e. The zero-order valence-corrected chi connectivity index (χ0v) is 12.0. The molecular weight excluding hydrogens is 312 g/mol. The Hall–Kier alpha value is -1.42. The summed E-state index contributed by atoms with van der Waals surface area (Å²) in [6, 6.07) is 11.3. The van der Waals surface area contributed by atoms with Gasteiger partial charge in [0.2, 0.25) is 0 Å². The first-order valence-electron chi connectivity index (χ1n) is 6.00. The molecule has 0 saturated carbocycles. The Morgan fingerprint density at radius 2 is 1.95 bits per heavy atom. The molecule has 2 rings (SSSR count). The summed E-state index contributed by atoms with van der Waals surface area (Å²) in [7, 11) is 0. The average Bonchev–Trinajstić information content (AvgIpc) is 2.33. The van der Waals surface area contributed by atoms with E-state index in [2.05, 4.69) is 21.2 Å². The number of anilines is 1. The number of nitrogens with one attached hydrogen (secondary N) is 1. The van der Waals surface area contributed by atoms with Crippen LogP contribution in [0.2, 0.25) is 0 Å². The monoisotopic (exact) mass is 325 g/mol. The standard InChI is InChI=1S/C15H14BrF2N/c1-10(7-11-3-2-4-13(17)8-11)19-15-6-5-12(16)9-14(15)18/h2-6,8-10,19H,7H2,1H3. The molecule has 0 amide bonds. The summed E-state index contributed by atoms with van der Waals surface area (Å²) in [5.74, 6) is -0.556. The zero-order chi connectivity index (χ0) is 13.8. The number of benzene rings is 2. The van der Waals surface area contributed by atoms with Crippen molar-refractivity contribution in [2.24, 2.45) is 0 Å². The first-order valence-corrected chi connectivity index (χ1v) is 6.80. The van der Waals surface area contributed by atoms with Gasteiger partial charge in [0.25, 0.3) is 0 Å². The average molecular weight is 326 g/mol. The van der Waals surface area contributed by atoms with Gasteiger partial charge in [-0.15, -0.1) is 0 Å². The summed E-state index contributed by atoms with van der Waals surface area (Å²) in [6.45, 7) is 1.94. The molecule has 1 N–H and O–H groups in total. The summed E-state index contributed by atoms with van der Waals surface area (Å²) in [6.07, 6.45) is 0.632. The molecule has 1 unspecified atom stereocenters. The van der Waals surface area contributed by atoms with E-state index in [4.69, 9.17) is 0 Å². The van der Waals surface area contributed by atoms with Crippen molar-refractivity contribution in [1.29, 1.82) is 0 Å². The van der Waals surface area contributed by atoms with Gasteiger partial charge in [0, 0.05) is 10.5 Å². The Kier molecular flexibility index (Phi) is 4.53. The van der Waals surface area contributed by atoms with Crippen LogP contribution in [0, 0.1) is 11.6 Å². The van der Waals surface area contributed by atoms with Crippen molar-refractivity contribution in [2.75, 3.05) is 5.32 Å². The molecule has 0 aliphatic carbocycles. The van der Waals surface area contributed by atoms with Crippen molar-refractivity contribution in [3.8, 4) is 0 Å². The summed E-state index contributed by atoms with van der Waals surface area (Å²) in [5.41, 5.74) is 1.34. The fourth-order valence-corrected chi connectivity index (χ4v) is 2.27. The molecule has 2 aromatic carbocycles.